The third-order valence-corrected chi connectivity index (χ3v) is 7.91. The van der Waals surface area contributed by atoms with Crippen molar-refractivity contribution in [1.82, 2.24) is 0 Å². The number of allylic oxidation sites excluding steroid dienone is 2. The summed E-state index contributed by atoms with van der Waals surface area (Å²) in [5.41, 5.74) is 1.84. The molecular formula is C27H23ClN2O5. The van der Waals surface area contributed by atoms with E-state index < -0.39 is 11.9 Å². The van der Waals surface area contributed by atoms with E-state index >= 15 is 0 Å². The number of amides is 3. The average Bonchev–Trinajstić information content (AvgIpc) is 3.58. The van der Waals surface area contributed by atoms with Crippen LogP contribution >= 0.6 is 11.6 Å². The third-order valence-electron chi connectivity index (χ3n) is 7.68. The molecule has 0 N–H and O–H groups in total. The predicted octanol–water partition coefficient (Wildman–Crippen LogP) is 3.92. The SMILES string of the molecule is Cc1cc(OC(=O)[C@H]2CC(=O)N(c3cccc(Cl)c3)C2)ccc1N1C(=O)[C@@H]2[C@H](C1=O)[C@H]1C=C[C@H]2C1. The van der Waals surface area contributed by atoms with Crippen molar-refractivity contribution in [3.8, 4) is 5.75 Å². The number of fused-ring (bicyclic) bond motifs is 5. The zero-order valence-corrected chi connectivity index (χ0v) is 19.8. The van der Waals surface area contributed by atoms with E-state index in [2.05, 4.69) is 12.2 Å². The first-order valence-corrected chi connectivity index (χ1v) is 12.1. The van der Waals surface area contributed by atoms with Gasteiger partial charge in [-0.1, -0.05) is 29.8 Å². The van der Waals surface area contributed by atoms with Gasteiger partial charge in [0.15, 0.2) is 0 Å². The molecule has 0 aromatic heterocycles. The molecule has 6 rings (SSSR count). The minimum absolute atomic E-state index is 0.0539. The molecule has 3 fully saturated rings. The van der Waals surface area contributed by atoms with E-state index in [1.807, 2.05) is 0 Å². The summed E-state index contributed by atoms with van der Waals surface area (Å²) in [5.74, 6) is -1.49. The Morgan fingerprint density at radius 3 is 2.37 bits per heavy atom. The van der Waals surface area contributed by atoms with E-state index in [0.29, 0.717) is 27.7 Å². The van der Waals surface area contributed by atoms with Crippen LogP contribution in [0.2, 0.25) is 5.02 Å². The molecule has 0 radical (unpaired) electrons. The lowest BCUT2D eigenvalue weighted by Gasteiger charge is -2.20. The summed E-state index contributed by atoms with van der Waals surface area (Å²) in [7, 11) is 0. The van der Waals surface area contributed by atoms with Crippen LogP contribution < -0.4 is 14.5 Å². The fraction of sp³-hybridized carbons (Fsp3) is 0.333. The standard InChI is InChI=1S/C27H23ClN2O5/c1-14-9-20(35-27(34)17-11-22(31)29(13-17)19-4-2-3-18(28)12-19)7-8-21(14)30-25(32)23-15-5-6-16(10-15)24(23)26(30)33/h2-9,12,15-17,23-24H,10-11,13H2,1H3/t15-,16-,17-,23-,24+/m0/s1. The van der Waals surface area contributed by atoms with Gasteiger partial charge in [-0.15, -0.1) is 0 Å². The third kappa shape index (κ3) is 3.48. The van der Waals surface area contributed by atoms with E-state index in [9.17, 15) is 19.2 Å². The van der Waals surface area contributed by atoms with Gasteiger partial charge < -0.3 is 9.64 Å². The number of halogens is 1. The molecule has 2 aliphatic carbocycles. The van der Waals surface area contributed by atoms with Gasteiger partial charge in [0.05, 0.1) is 23.4 Å². The maximum Gasteiger partial charge on any atom is 0.316 e. The van der Waals surface area contributed by atoms with Crippen molar-refractivity contribution >= 4 is 46.7 Å². The lowest BCUT2D eigenvalue weighted by molar-refractivity contribution is -0.139. The molecule has 3 amide bonds. The Morgan fingerprint density at radius 2 is 1.71 bits per heavy atom. The van der Waals surface area contributed by atoms with Crippen LogP contribution in [0.4, 0.5) is 11.4 Å². The van der Waals surface area contributed by atoms with Gasteiger partial charge in [-0.25, -0.2) is 4.90 Å². The number of carbonyl (C=O) groups is 4. The Bertz CT molecular complexity index is 1290. The molecule has 2 aromatic carbocycles. The molecule has 8 heteroatoms. The van der Waals surface area contributed by atoms with Crippen LogP contribution in [0.15, 0.2) is 54.6 Å². The minimum Gasteiger partial charge on any atom is -0.426 e. The fourth-order valence-corrected chi connectivity index (χ4v) is 6.23. The quantitative estimate of drug-likeness (QED) is 0.281. The first kappa shape index (κ1) is 22.0. The molecule has 1 saturated carbocycles. The number of carbonyl (C=O) groups excluding carboxylic acids is 4. The second-order valence-electron chi connectivity index (χ2n) is 9.77. The number of benzene rings is 2. The second-order valence-corrected chi connectivity index (χ2v) is 10.2. The van der Waals surface area contributed by atoms with Gasteiger partial charge >= 0.3 is 5.97 Å². The molecule has 4 aliphatic rings. The Hall–Kier alpha value is -3.45. The Morgan fingerprint density at radius 1 is 1.00 bits per heavy atom. The number of rotatable bonds is 4. The van der Waals surface area contributed by atoms with Crippen LogP contribution in [-0.4, -0.2) is 30.2 Å². The molecule has 0 spiro atoms. The topological polar surface area (TPSA) is 84.0 Å². The molecule has 5 atom stereocenters. The van der Waals surface area contributed by atoms with Crippen LogP contribution in [0.1, 0.15) is 18.4 Å². The lowest BCUT2D eigenvalue weighted by Crippen LogP contribution is -2.33. The summed E-state index contributed by atoms with van der Waals surface area (Å²) in [6.45, 7) is 2.00. The highest BCUT2D eigenvalue weighted by molar-refractivity contribution is 6.31. The predicted molar refractivity (Wildman–Crippen MR) is 129 cm³/mol. The highest BCUT2D eigenvalue weighted by Gasteiger charge is 2.59. The summed E-state index contributed by atoms with van der Waals surface area (Å²) >= 11 is 6.04. The smallest absolute Gasteiger partial charge is 0.316 e. The maximum atomic E-state index is 13.1. The molecule has 2 bridgehead atoms. The molecule has 2 heterocycles. The first-order valence-electron chi connectivity index (χ1n) is 11.8. The number of imide groups is 1. The Balaban J connectivity index is 1.16. The van der Waals surface area contributed by atoms with Crippen molar-refractivity contribution in [3.05, 3.63) is 65.2 Å². The van der Waals surface area contributed by atoms with Crippen LogP contribution in [0.3, 0.4) is 0 Å². The molecule has 2 aromatic rings. The number of esters is 1. The van der Waals surface area contributed by atoms with E-state index in [1.165, 1.54) is 9.80 Å². The molecule has 178 valence electrons. The van der Waals surface area contributed by atoms with Gasteiger partial charge in [0.25, 0.3) is 0 Å². The van der Waals surface area contributed by atoms with Gasteiger partial charge in [-0.3, -0.25) is 19.2 Å². The van der Waals surface area contributed by atoms with E-state index in [0.717, 1.165) is 6.42 Å². The number of hydrogen-bond donors (Lipinski definition) is 0. The van der Waals surface area contributed by atoms with Crippen molar-refractivity contribution in [2.24, 2.45) is 29.6 Å². The zero-order valence-electron chi connectivity index (χ0n) is 19.0. The van der Waals surface area contributed by atoms with Gasteiger partial charge in [-0.2, -0.15) is 0 Å². The zero-order chi connectivity index (χ0) is 24.4. The van der Waals surface area contributed by atoms with Crippen molar-refractivity contribution in [2.45, 2.75) is 19.8 Å². The van der Waals surface area contributed by atoms with Crippen molar-refractivity contribution in [3.63, 3.8) is 0 Å². The van der Waals surface area contributed by atoms with E-state index in [4.69, 9.17) is 16.3 Å². The first-order chi connectivity index (χ1) is 16.8. The monoisotopic (exact) mass is 490 g/mol. The molecule has 2 saturated heterocycles. The lowest BCUT2D eigenvalue weighted by atomic mass is 9.85. The van der Waals surface area contributed by atoms with Crippen molar-refractivity contribution in [1.29, 1.82) is 0 Å². The molecule has 2 aliphatic heterocycles. The normalized spacial score (nSPS) is 28.9. The van der Waals surface area contributed by atoms with Crippen LogP contribution in [0.5, 0.6) is 5.75 Å². The number of nitrogens with zero attached hydrogens (tertiary/aromatic N) is 2. The summed E-state index contributed by atoms with van der Waals surface area (Å²) in [6.07, 6.45) is 5.07. The summed E-state index contributed by atoms with van der Waals surface area (Å²) in [5, 5.41) is 0.513. The molecule has 0 unspecified atom stereocenters. The fourth-order valence-electron chi connectivity index (χ4n) is 6.04. The molecular weight excluding hydrogens is 468 g/mol. The van der Waals surface area contributed by atoms with Gasteiger partial charge in [0.2, 0.25) is 17.7 Å². The average molecular weight is 491 g/mol. The highest BCUT2D eigenvalue weighted by Crippen LogP contribution is 2.53. The molecule has 35 heavy (non-hydrogen) atoms. The summed E-state index contributed by atoms with van der Waals surface area (Å²) < 4.78 is 5.58. The van der Waals surface area contributed by atoms with E-state index in [-0.39, 0.29) is 54.4 Å². The molecule has 7 nitrogen and oxygen atoms in total. The van der Waals surface area contributed by atoms with Crippen molar-refractivity contribution in [2.75, 3.05) is 16.3 Å². The summed E-state index contributed by atoms with van der Waals surface area (Å²) in [4.78, 5) is 54.4. The minimum atomic E-state index is -0.606. The highest BCUT2D eigenvalue weighted by atomic mass is 35.5. The maximum absolute atomic E-state index is 13.1. The number of ether oxygens (including phenoxy) is 1. The van der Waals surface area contributed by atoms with E-state index in [1.54, 1.807) is 49.4 Å². The number of anilines is 2. The summed E-state index contributed by atoms with van der Waals surface area (Å²) in [6, 6.07) is 11.8. The van der Waals surface area contributed by atoms with Gasteiger partial charge in [-0.05, 0) is 67.1 Å². The van der Waals surface area contributed by atoms with Crippen molar-refractivity contribution < 1.29 is 23.9 Å². The Labute approximate surface area is 207 Å². The largest absolute Gasteiger partial charge is 0.426 e. The van der Waals surface area contributed by atoms with Crippen LogP contribution in [-0.2, 0) is 19.2 Å². The number of hydrogen-bond acceptors (Lipinski definition) is 5. The van der Waals surface area contributed by atoms with Gasteiger partial charge in [0, 0.05) is 23.7 Å². The van der Waals surface area contributed by atoms with Gasteiger partial charge in [0.1, 0.15) is 5.75 Å². The van der Waals surface area contributed by atoms with Crippen LogP contribution in [0.25, 0.3) is 0 Å². The van der Waals surface area contributed by atoms with Crippen LogP contribution in [0, 0.1) is 36.5 Å². The number of aryl methyl sites for hydroxylation is 1. The second kappa shape index (κ2) is 8.05. The Kier molecular flexibility index (Phi) is 5.07.